The molecule has 0 atom stereocenters. The molecule has 0 aliphatic rings. The Balaban J connectivity index is 2.43. The summed E-state index contributed by atoms with van der Waals surface area (Å²) in [5, 5.41) is 2.81. The summed E-state index contributed by atoms with van der Waals surface area (Å²) in [7, 11) is 0. The summed E-state index contributed by atoms with van der Waals surface area (Å²) < 4.78 is 1.44. The summed E-state index contributed by atoms with van der Waals surface area (Å²) in [5.41, 5.74) is 1.55. The molecule has 2 aromatic rings. The van der Waals surface area contributed by atoms with Gasteiger partial charge in [-0.1, -0.05) is 13.3 Å². The zero-order chi connectivity index (χ0) is 9.97. The van der Waals surface area contributed by atoms with E-state index in [1.54, 1.807) is 18.3 Å². The van der Waals surface area contributed by atoms with Crippen LogP contribution in [-0.4, -0.2) is 14.6 Å². The van der Waals surface area contributed by atoms with Crippen LogP contribution < -0.4 is 5.56 Å². The lowest BCUT2D eigenvalue weighted by Gasteiger charge is -1.98. The van der Waals surface area contributed by atoms with Crippen molar-refractivity contribution in [2.45, 2.75) is 26.2 Å². The maximum atomic E-state index is 11.5. The largest absolute Gasteiger partial charge is 0.297 e. The number of aromatic amines is 1. The van der Waals surface area contributed by atoms with Gasteiger partial charge in [0.2, 0.25) is 0 Å². The van der Waals surface area contributed by atoms with Gasteiger partial charge in [-0.15, -0.1) is 0 Å². The number of hydrogen-bond acceptors (Lipinski definition) is 2. The van der Waals surface area contributed by atoms with Crippen LogP contribution >= 0.6 is 0 Å². The van der Waals surface area contributed by atoms with Crippen molar-refractivity contribution in [3.8, 4) is 0 Å². The number of aryl methyl sites for hydroxylation is 1. The van der Waals surface area contributed by atoms with Crippen molar-refractivity contribution in [1.29, 1.82) is 0 Å². The minimum Gasteiger partial charge on any atom is -0.297 e. The molecular formula is C10H13N3O. The topological polar surface area (TPSA) is 50.2 Å². The monoisotopic (exact) mass is 191 g/mol. The van der Waals surface area contributed by atoms with E-state index in [0.29, 0.717) is 5.65 Å². The SMILES string of the molecule is CCCCc1cc(=O)n2[nH]ccc2n1. The molecule has 0 spiro atoms. The lowest BCUT2D eigenvalue weighted by molar-refractivity contribution is 0.767. The van der Waals surface area contributed by atoms with Crippen molar-refractivity contribution >= 4 is 5.65 Å². The molecule has 0 aromatic carbocycles. The van der Waals surface area contributed by atoms with Gasteiger partial charge in [-0.05, 0) is 12.8 Å². The number of hydrogen-bond donors (Lipinski definition) is 1. The van der Waals surface area contributed by atoms with Crippen LogP contribution in [0.1, 0.15) is 25.5 Å². The predicted octanol–water partition coefficient (Wildman–Crippen LogP) is 1.37. The standard InChI is InChI=1S/C10H13N3O/c1-2-3-4-8-7-10(14)13-9(12-8)5-6-11-13/h5-7,11H,2-4H2,1H3. The van der Waals surface area contributed by atoms with E-state index in [-0.39, 0.29) is 5.56 Å². The maximum absolute atomic E-state index is 11.5. The Kier molecular flexibility index (Phi) is 2.35. The molecule has 0 aliphatic carbocycles. The number of aromatic nitrogens is 3. The first-order valence-electron chi connectivity index (χ1n) is 4.87. The van der Waals surface area contributed by atoms with E-state index >= 15 is 0 Å². The first-order chi connectivity index (χ1) is 6.81. The first kappa shape index (κ1) is 8.99. The Morgan fingerprint density at radius 2 is 2.43 bits per heavy atom. The summed E-state index contributed by atoms with van der Waals surface area (Å²) in [5.74, 6) is 0. The van der Waals surface area contributed by atoms with E-state index in [9.17, 15) is 4.79 Å². The number of rotatable bonds is 3. The van der Waals surface area contributed by atoms with Crippen LogP contribution in [-0.2, 0) is 6.42 Å². The van der Waals surface area contributed by atoms with Crippen LogP contribution in [0.2, 0.25) is 0 Å². The molecular weight excluding hydrogens is 178 g/mol. The maximum Gasteiger partial charge on any atom is 0.272 e. The van der Waals surface area contributed by atoms with Crippen LogP contribution in [0.25, 0.3) is 5.65 Å². The molecule has 14 heavy (non-hydrogen) atoms. The number of H-pyrrole nitrogens is 1. The molecule has 2 aromatic heterocycles. The highest BCUT2D eigenvalue weighted by molar-refractivity contribution is 5.36. The van der Waals surface area contributed by atoms with E-state index < -0.39 is 0 Å². The second kappa shape index (κ2) is 3.65. The van der Waals surface area contributed by atoms with Gasteiger partial charge in [0.1, 0.15) is 0 Å². The van der Waals surface area contributed by atoms with Crippen molar-refractivity contribution in [2.75, 3.05) is 0 Å². The van der Waals surface area contributed by atoms with Gasteiger partial charge in [-0.25, -0.2) is 9.50 Å². The van der Waals surface area contributed by atoms with E-state index in [1.165, 1.54) is 4.52 Å². The third-order valence-corrected chi connectivity index (χ3v) is 2.22. The summed E-state index contributed by atoms with van der Waals surface area (Å²) in [4.78, 5) is 15.9. The molecule has 0 amide bonds. The van der Waals surface area contributed by atoms with Crippen molar-refractivity contribution in [3.63, 3.8) is 0 Å². The minimum atomic E-state index is -0.0360. The van der Waals surface area contributed by atoms with Crippen LogP contribution in [0.4, 0.5) is 0 Å². The molecule has 1 N–H and O–H groups in total. The smallest absolute Gasteiger partial charge is 0.272 e. The summed E-state index contributed by atoms with van der Waals surface area (Å²) in [6.07, 6.45) is 4.79. The molecule has 0 unspecified atom stereocenters. The third kappa shape index (κ3) is 1.55. The van der Waals surface area contributed by atoms with Gasteiger partial charge in [0.25, 0.3) is 5.56 Å². The molecule has 74 valence electrons. The van der Waals surface area contributed by atoms with Gasteiger partial charge in [-0.2, -0.15) is 0 Å². The highest BCUT2D eigenvalue weighted by Gasteiger charge is 2.01. The normalized spacial score (nSPS) is 10.9. The second-order valence-corrected chi connectivity index (χ2v) is 3.35. The average Bonchev–Trinajstić information content (AvgIpc) is 2.63. The van der Waals surface area contributed by atoms with E-state index in [2.05, 4.69) is 17.0 Å². The third-order valence-electron chi connectivity index (χ3n) is 2.22. The lowest BCUT2D eigenvalue weighted by atomic mass is 10.2. The van der Waals surface area contributed by atoms with Crippen LogP contribution in [0, 0.1) is 0 Å². The summed E-state index contributed by atoms with van der Waals surface area (Å²) in [6.45, 7) is 2.13. The minimum absolute atomic E-state index is 0.0360. The zero-order valence-corrected chi connectivity index (χ0v) is 8.16. The van der Waals surface area contributed by atoms with Crippen molar-refractivity contribution in [3.05, 3.63) is 34.4 Å². The first-order valence-corrected chi connectivity index (χ1v) is 4.87. The predicted molar refractivity (Wildman–Crippen MR) is 54.4 cm³/mol. The fraction of sp³-hybridized carbons (Fsp3) is 0.400. The quantitative estimate of drug-likeness (QED) is 0.796. The Bertz CT molecular complexity index is 483. The molecule has 0 bridgehead atoms. The zero-order valence-electron chi connectivity index (χ0n) is 8.16. The van der Waals surface area contributed by atoms with Crippen molar-refractivity contribution in [2.24, 2.45) is 0 Å². The molecule has 0 aliphatic heterocycles. The molecule has 0 saturated carbocycles. The van der Waals surface area contributed by atoms with Crippen LogP contribution in [0.3, 0.4) is 0 Å². The molecule has 0 saturated heterocycles. The molecule has 2 heterocycles. The van der Waals surface area contributed by atoms with E-state index in [1.807, 2.05) is 0 Å². The Morgan fingerprint density at radius 3 is 3.21 bits per heavy atom. The summed E-state index contributed by atoms with van der Waals surface area (Å²) >= 11 is 0. The average molecular weight is 191 g/mol. The van der Waals surface area contributed by atoms with Gasteiger partial charge in [0, 0.05) is 24.0 Å². The highest BCUT2D eigenvalue weighted by Crippen LogP contribution is 2.01. The van der Waals surface area contributed by atoms with Gasteiger partial charge >= 0.3 is 0 Å². The molecule has 0 radical (unpaired) electrons. The molecule has 2 rings (SSSR count). The summed E-state index contributed by atoms with van der Waals surface area (Å²) in [6, 6.07) is 3.40. The highest BCUT2D eigenvalue weighted by atomic mass is 16.1. The van der Waals surface area contributed by atoms with Gasteiger partial charge in [0.15, 0.2) is 5.65 Å². The van der Waals surface area contributed by atoms with Gasteiger partial charge in [0.05, 0.1) is 0 Å². The van der Waals surface area contributed by atoms with Gasteiger partial charge < -0.3 is 0 Å². The molecule has 4 nitrogen and oxygen atoms in total. The van der Waals surface area contributed by atoms with Crippen molar-refractivity contribution < 1.29 is 0 Å². The number of nitrogens with one attached hydrogen (secondary N) is 1. The fourth-order valence-electron chi connectivity index (χ4n) is 1.46. The van der Waals surface area contributed by atoms with Crippen LogP contribution in [0.15, 0.2) is 23.1 Å². The van der Waals surface area contributed by atoms with E-state index in [4.69, 9.17) is 0 Å². The Hall–Kier alpha value is -1.58. The van der Waals surface area contributed by atoms with Crippen LogP contribution in [0.5, 0.6) is 0 Å². The molecule has 0 fully saturated rings. The number of nitrogens with zero attached hydrogens (tertiary/aromatic N) is 2. The van der Waals surface area contributed by atoms with E-state index in [0.717, 1.165) is 25.0 Å². The van der Waals surface area contributed by atoms with Gasteiger partial charge in [-0.3, -0.25) is 9.89 Å². The Labute approximate surface area is 81.6 Å². The lowest BCUT2D eigenvalue weighted by Crippen LogP contribution is -2.15. The Morgan fingerprint density at radius 1 is 1.57 bits per heavy atom. The second-order valence-electron chi connectivity index (χ2n) is 3.35. The molecule has 4 heteroatoms. The number of fused-ring (bicyclic) bond motifs is 1. The van der Waals surface area contributed by atoms with Crippen molar-refractivity contribution in [1.82, 2.24) is 14.6 Å². The fourth-order valence-corrected chi connectivity index (χ4v) is 1.46. The number of unbranched alkanes of at least 4 members (excludes halogenated alkanes) is 1.